The van der Waals surface area contributed by atoms with E-state index >= 15 is 0 Å². The minimum absolute atomic E-state index is 0.130. The highest BCUT2D eigenvalue weighted by atomic mass is 16.6. The molecule has 8 nitrogen and oxygen atoms in total. The number of nitro groups is 1. The molecule has 0 fully saturated rings. The van der Waals surface area contributed by atoms with Crippen molar-refractivity contribution in [1.82, 2.24) is 0 Å². The lowest BCUT2D eigenvalue weighted by Gasteiger charge is -2.20. The molecule has 0 saturated heterocycles. The number of benzene rings is 1. The molecule has 3 rings (SSSR count). The molecular weight excluding hydrogens is 490 g/mol. The van der Waals surface area contributed by atoms with Crippen LogP contribution >= 0.6 is 0 Å². The van der Waals surface area contributed by atoms with Crippen LogP contribution in [0.15, 0.2) is 75.1 Å². The van der Waals surface area contributed by atoms with Gasteiger partial charge in [0.05, 0.1) is 39.8 Å². The summed E-state index contributed by atoms with van der Waals surface area (Å²) in [5.41, 5.74) is 2.99. The summed E-state index contributed by atoms with van der Waals surface area (Å²) < 4.78 is 5.87. The average molecular weight is 518 g/mol. The number of allylic oxidation sites excluding steroid dienone is 7. The van der Waals surface area contributed by atoms with Crippen LogP contribution in [-0.4, -0.2) is 10.5 Å². The van der Waals surface area contributed by atoms with Crippen LogP contribution in [0, 0.1) is 60.9 Å². The molecule has 1 heterocycles. The number of hydrogen-bond acceptors (Lipinski definition) is 7. The highest BCUT2D eigenvalue weighted by molar-refractivity contribution is 5.71. The van der Waals surface area contributed by atoms with Crippen molar-refractivity contribution in [2.75, 3.05) is 0 Å². The van der Waals surface area contributed by atoms with E-state index in [0.717, 1.165) is 11.1 Å². The summed E-state index contributed by atoms with van der Waals surface area (Å²) in [6.07, 6.45) is 7.25. The van der Waals surface area contributed by atoms with Gasteiger partial charge in [-0.15, -0.1) is 0 Å². The van der Waals surface area contributed by atoms with Gasteiger partial charge in [0.15, 0.2) is 5.76 Å². The van der Waals surface area contributed by atoms with E-state index in [1.807, 2.05) is 19.9 Å². The fraction of sp³-hybridized carbons (Fsp3) is 0.290. The number of rotatable bonds is 5. The fourth-order valence-electron chi connectivity index (χ4n) is 4.76. The first kappa shape index (κ1) is 28.4. The van der Waals surface area contributed by atoms with Crippen LogP contribution in [0.5, 0.6) is 0 Å². The Morgan fingerprint density at radius 2 is 1.54 bits per heavy atom. The van der Waals surface area contributed by atoms with E-state index in [-0.39, 0.29) is 28.0 Å². The molecule has 8 heteroatoms. The monoisotopic (exact) mass is 517 g/mol. The quantitative estimate of drug-likeness (QED) is 0.229. The summed E-state index contributed by atoms with van der Waals surface area (Å²) in [5.74, 6) is 0.212. The van der Waals surface area contributed by atoms with E-state index < -0.39 is 10.5 Å². The van der Waals surface area contributed by atoms with Crippen LogP contribution < -0.4 is 0 Å². The Morgan fingerprint density at radius 3 is 2.10 bits per heavy atom. The average Bonchev–Trinajstić information content (AvgIpc) is 3.32. The molecule has 2 aliphatic rings. The third-order valence-corrected chi connectivity index (χ3v) is 6.90. The van der Waals surface area contributed by atoms with Gasteiger partial charge < -0.3 is 4.74 Å². The summed E-state index contributed by atoms with van der Waals surface area (Å²) in [7, 11) is 0. The first-order valence-corrected chi connectivity index (χ1v) is 12.2. The van der Waals surface area contributed by atoms with Gasteiger partial charge >= 0.3 is 0 Å². The van der Waals surface area contributed by atoms with Crippen LogP contribution in [0.1, 0.15) is 59.1 Å². The second-order valence-electron chi connectivity index (χ2n) is 10.5. The van der Waals surface area contributed by atoms with E-state index in [2.05, 4.69) is 18.2 Å². The second-order valence-corrected chi connectivity index (χ2v) is 10.5. The van der Waals surface area contributed by atoms with Gasteiger partial charge in [-0.1, -0.05) is 38.1 Å². The van der Waals surface area contributed by atoms with Crippen molar-refractivity contribution in [1.29, 1.82) is 21.0 Å². The van der Waals surface area contributed by atoms with Gasteiger partial charge in [0.25, 0.3) is 5.69 Å². The molecule has 0 spiro atoms. The molecule has 0 radical (unpaired) electrons. The van der Waals surface area contributed by atoms with Crippen LogP contribution in [0.25, 0.3) is 12.2 Å². The SMILES string of the molecule is C/C(C#N)=C1\CC(C)(C)C(/C=C/c2ccc(/C=C/C3=C(C#N)C(=C(/C)C#N)/OC3(C)C)c([N+](=O)[O-])c2)=C1C#N. The largest absolute Gasteiger partial charge is 0.481 e. The minimum Gasteiger partial charge on any atom is -0.481 e. The lowest BCUT2D eigenvalue weighted by molar-refractivity contribution is -0.385. The van der Waals surface area contributed by atoms with Crippen LogP contribution in [-0.2, 0) is 4.74 Å². The molecule has 1 aromatic carbocycles. The van der Waals surface area contributed by atoms with Gasteiger partial charge in [0.2, 0.25) is 0 Å². The highest BCUT2D eigenvalue weighted by Gasteiger charge is 2.38. The Bertz CT molecular complexity index is 1630. The van der Waals surface area contributed by atoms with Crippen molar-refractivity contribution < 1.29 is 9.66 Å². The summed E-state index contributed by atoms with van der Waals surface area (Å²) in [6, 6.07) is 13.2. The Morgan fingerprint density at radius 1 is 0.923 bits per heavy atom. The molecular formula is C31H27N5O3. The normalized spacial score (nSPS) is 20.4. The van der Waals surface area contributed by atoms with Crippen molar-refractivity contribution in [2.45, 2.75) is 53.6 Å². The predicted molar refractivity (Wildman–Crippen MR) is 147 cm³/mol. The van der Waals surface area contributed by atoms with Gasteiger partial charge in [0.1, 0.15) is 17.2 Å². The third-order valence-electron chi connectivity index (χ3n) is 6.90. The molecule has 0 amide bonds. The zero-order valence-corrected chi connectivity index (χ0v) is 22.7. The van der Waals surface area contributed by atoms with E-state index in [1.165, 1.54) is 6.07 Å². The Labute approximate surface area is 228 Å². The Kier molecular flexibility index (Phi) is 7.76. The lowest BCUT2D eigenvalue weighted by Crippen LogP contribution is -2.20. The smallest absolute Gasteiger partial charge is 0.277 e. The number of ether oxygens (including phenoxy) is 1. The molecule has 1 aromatic rings. The van der Waals surface area contributed by atoms with E-state index in [9.17, 15) is 31.2 Å². The Balaban J connectivity index is 2.05. The van der Waals surface area contributed by atoms with Crippen molar-refractivity contribution in [3.05, 3.63) is 96.4 Å². The number of nitrogens with zero attached hydrogens (tertiary/aromatic N) is 5. The van der Waals surface area contributed by atoms with Gasteiger partial charge in [-0.3, -0.25) is 10.1 Å². The first-order chi connectivity index (χ1) is 18.3. The maximum Gasteiger partial charge on any atom is 0.277 e. The topological polar surface area (TPSA) is 148 Å². The maximum absolute atomic E-state index is 11.9. The van der Waals surface area contributed by atoms with Crippen LogP contribution in [0.3, 0.4) is 0 Å². The summed E-state index contributed by atoms with van der Waals surface area (Å²) in [5, 5.41) is 50.0. The van der Waals surface area contributed by atoms with Crippen molar-refractivity contribution in [2.24, 2.45) is 5.41 Å². The van der Waals surface area contributed by atoms with E-state index in [0.29, 0.717) is 34.3 Å². The van der Waals surface area contributed by atoms with Crippen molar-refractivity contribution in [3.63, 3.8) is 0 Å². The third kappa shape index (κ3) is 5.42. The van der Waals surface area contributed by atoms with E-state index in [1.54, 1.807) is 64.1 Å². The molecule has 0 saturated carbocycles. The van der Waals surface area contributed by atoms with Gasteiger partial charge in [-0.2, -0.15) is 21.0 Å². The Hall–Kier alpha value is -5.18. The second kappa shape index (κ2) is 10.7. The van der Waals surface area contributed by atoms with Crippen LogP contribution in [0.2, 0.25) is 0 Å². The molecule has 0 unspecified atom stereocenters. The minimum atomic E-state index is -0.899. The molecule has 194 valence electrons. The highest BCUT2D eigenvalue weighted by Crippen LogP contribution is 2.47. The summed E-state index contributed by atoms with van der Waals surface area (Å²) >= 11 is 0. The first-order valence-electron chi connectivity index (χ1n) is 12.2. The molecule has 1 aliphatic carbocycles. The number of nitro benzene ring substituents is 1. The summed E-state index contributed by atoms with van der Waals surface area (Å²) in [4.78, 5) is 11.5. The lowest BCUT2D eigenvalue weighted by atomic mass is 9.84. The number of hydrogen-bond donors (Lipinski definition) is 0. The van der Waals surface area contributed by atoms with Gasteiger partial charge in [-0.05, 0) is 68.4 Å². The summed E-state index contributed by atoms with van der Waals surface area (Å²) in [6.45, 7) is 10.8. The predicted octanol–water partition coefficient (Wildman–Crippen LogP) is 7.14. The fourth-order valence-corrected chi connectivity index (χ4v) is 4.76. The molecule has 0 aromatic heterocycles. The number of nitriles is 4. The standard InChI is InChI=1S/C31H27N5O3/c1-19(15-32)23-14-30(3,4)26(24(23)17-34)11-8-21-7-9-22(28(13-21)36(37)38)10-12-27-25(18-35)29(20(2)16-33)39-31(27,5)6/h7-13H,14H2,1-6H3/b11-8+,12-10+,23-19-,29-20+. The van der Waals surface area contributed by atoms with E-state index in [4.69, 9.17) is 4.74 Å². The van der Waals surface area contributed by atoms with Crippen molar-refractivity contribution in [3.8, 4) is 24.3 Å². The van der Waals surface area contributed by atoms with Gasteiger partial charge in [0, 0.05) is 17.2 Å². The molecule has 0 atom stereocenters. The molecule has 39 heavy (non-hydrogen) atoms. The zero-order chi connectivity index (χ0) is 29.1. The zero-order valence-electron chi connectivity index (χ0n) is 22.7. The van der Waals surface area contributed by atoms with Gasteiger partial charge in [-0.25, -0.2) is 0 Å². The molecule has 0 bridgehead atoms. The molecule has 0 N–H and O–H groups in total. The van der Waals surface area contributed by atoms with Crippen molar-refractivity contribution >= 4 is 17.8 Å². The maximum atomic E-state index is 11.9. The van der Waals surface area contributed by atoms with Crippen LogP contribution in [0.4, 0.5) is 5.69 Å². The molecule has 1 aliphatic heterocycles.